The summed E-state index contributed by atoms with van der Waals surface area (Å²) >= 11 is 0. The Hall–Kier alpha value is -1.50. The molecule has 7 heteroatoms. The van der Waals surface area contributed by atoms with Crippen molar-refractivity contribution in [3.05, 3.63) is 0 Å². The highest BCUT2D eigenvalue weighted by molar-refractivity contribution is 5.53. The molecule has 0 amide bonds. The van der Waals surface area contributed by atoms with Crippen molar-refractivity contribution in [1.82, 2.24) is 0 Å². The highest BCUT2D eigenvalue weighted by Crippen LogP contribution is 2.15. The van der Waals surface area contributed by atoms with Gasteiger partial charge in [-0.2, -0.15) is 0 Å². The summed E-state index contributed by atoms with van der Waals surface area (Å²) in [6.45, 7) is 0. The number of hydrogen-bond donors (Lipinski definition) is 4. The third-order valence-corrected chi connectivity index (χ3v) is 3.00. The second-order valence-corrected chi connectivity index (χ2v) is 4.81. The third-order valence-electron chi connectivity index (χ3n) is 3.00. The zero-order valence-electron chi connectivity index (χ0n) is 12.6. The fourth-order valence-corrected chi connectivity index (χ4v) is 2.12. The van der Waals surface area contributed by atoms with E-state index in [1.54, 1.807) is 0 Å². The minimum absolute atomic E-state index is 0. The maximum atomic E-state index is 8.56. The molecule has 128 valence electrons. The van der Waals surface area contributed by atoms with Gasteiger partial charge in [0.2, 0.25) is 0 Å². The minimum atomic E-state index is -1.83. The van der Waals surface area contributed by atoms with E-state index in [1.165, 1.54) is 77.0 Å². The molecule has 0 spiro atoms. The van der Waals surface area contributed by atoms with Crippen LogP contribution in [0.15, 0.2) is 0 Å². The van der Waals surface area contributed by atoms with E-state index in [9.17, 15) is 0 Å². The van der Waals surface area contributed by atoms with Gasteiger partial charge in [-0.05, 0) is 0 Å². The molecule has 0 aromatic rings. The lowest BCUT2D eigenvalue weighted by Gasteiger charge is -2.05. The Morgan fingerprint density at radius 1 is 0.429 bits per heavy atom. The molecular formula is C14H30O7. The Morgan fingerprint density at radius 3 is 0.524 bits per heavy atom. The van der Waals surface area contributed by atoms with Crippen LogP contribution in [0.25, 0.3) is 0 Å². The molecule has 2 saturated carbocycles. The Kier molecular flexibility index (Phi) is 24.3. The summed E-state index contributed by atoms with van der Waals surface area (Å²) in [7, 11) is 0. The normalized spacial score (nSPS) is 16.0. The fourth-order valence-electron chi connectivity index (χ4n) is 2.12. The van der Waals surface area contributed by atoms with Gasteiger partial charge in [0.05, 0.1) is 0 Å². The van der Waals surface area contributed by atoms with E-state index >= 15 is 0 Å². The van der Waals surface area contributed by atoms with Crippen LogP contribution in [0.2, 0.25) is 0 Å². The topological polar surface area (TPSA) is 147 Å². The average molecular weight is 310 g/mol. The first kappa shape index (κ1) is 24.5. The first-order valence-corrected chi connectivity index (χ1v) is 7.30. The van der Waals surface area contributed by atoms with Gasteiger partial charge in [-0.15, -0.1) is 0 Å². The summed E-state index contributed by atoms with van der Waals surface area (Å²) in [5, 5.41) is 27.9. The van der Waals surface area contributed by atoms with Crippen molar-refractivity contribution in [2.75, 3.05) is 0 Å². The second-order valence-electron chi connectivity index (χ2n) is 4.81. The summed E-state index contributed by atoms with van der Waals surface area (Å²) in [5.41, 5.74) is 0. The molecule has 2 aliphatic rings. The van der Waals surface area contributed by atoms with E-state index in [0.717, 1.165) is 0 Å². The van der Waals surface area contributed by atoms with Crippen LogP contribution in [0.4, 0.5) is 9.59 Å². The van der Waals surface area contributed by atoms with Crippen LogP contribution in [0, 0.1) is 0 Å². The molecule has 7 nitrogen and oxygen atoms in total. The molecule has 0 unspecified atom stereocenters. The molecule has 21 heavy (non-hydrogen) atoms. The fraction of sp³-hybridized carbons (Fsp3) is 0.857. The molecule has 2 aliphatic carbocycles. The van der Waals surface area contributed by atoms with E-state index in [1.807, 2.05) is 0 Å². The molecule has 0 bridgehead atoms. The zero-order valence-corrected chi connectivity index (χ0v) is 12.6. The highest BCUT2D eigenvalue weighted by Gasteiger charge is 1.96. The molecule has 0 aromatic heterocycles. The summed E-state index contributed by atoms with van der Waals surface area (Å²) in [6.07, 6.45) is 14.3. The molecule has 0 saturated heterocycles. The van der Waals surface area contributed by atoms with Crippen LogP contribution in [0.5, 0.6) is 0 Å². The maximum Gasteiger partial charge on any atom is 0.503 e. The summed E-state index contributed by atoms with van der Waals surface area (Å²) in [6, 6.07) is 0. The summed E-state index contributed by atoms with van der Waals surface area (Å²) < 4.78 is 0. The molecule has 0 aromatic carbocycles. The molecule has 0 aliphatic heterocycles. The molecule has 0 heterocycles. The number of hydrogen-bond acceptors (Lipinski definition) is 2. The second kappa shape index (κ2) is 20.8. The summed E-state index contributed by atoms with van der Waals surface area (Å²) in [4.78, 5) is 17.1. The SMILES string of the molecule is C1CCCCC1.C1CCCCC1.O.O=C(O)O.O=C(O)O. The number of carboxylic acid groups (broad SMARTS) is 4. The Bertz CT molecular complexity index is 168. The van der Waals surface area contributed by atoms with Gasteiger partial charge in [0.1, 0.15) is 0 Å². The third kappa shape index (κ3) is 45.7. The van der Waals surface area contributed by atoms with Gasteiger partial charge in [-0.1, -0.05) is 77.0 Å². The van der Waals surface area contributed by atoms with E-state index < -0.39 is 12.3 Å². The standard InChI is InChI=1S/2C6H12.2CH2O3.H2O/c2*1-2-4-6-5-3-1;2*2-1(3)4;/h2*1-6H2;2*(H2,2,3,4);1H2. The van der Waals surface area contributed by atoms with Crippen LogP contribution in [0.3, 0.4) is 0 Å². The molecular weight excluding hydrogens is 280 g/mol. The molecule has 2 fully saturated rings. The largest absolute Gasteiger partial charge is 0.503 e. The van der Waals surface area contributed by atoms with Gasteiger partial charge in [-0.25, -0.2) is 9.59 Å². The van der Waals surface area contributed by atoms with Crippen LogP contribution in [-0.2, 0) is 0 Å². The van der Waals surface area contributed by atoms with Gasteiger partial charge in [0.25, 0.3) is 0 Å². The van der Waals surface area contributed by atoms with Gasteiger partial charge < -0.3 is 25.9 Å². The first-order valence-electron chi connectivity index (χ1n) is 7.30. The molecule has 0 radical (unpaired) electrons. The van der Waals surface area contributed by atoms with Gasteiger partial charge in [0, 0.05) is 0 Å². The van der Waals surface area contributed by atoms with Crippen LogP contribution in [0.1, 0.15) is 77.0 Å². The van der Waals surface area contributed by atoms with Crippen molar-refractivity contribution in [3.8, 4) is 0 Å². The zero-order chi connectivity index (χ0) is 15.6. The van der Waals surface area contributed by atoms with E-state index in [0.29, 0.717) is 0 Å². The smallest absolute Gasteiger partial charge is 0.450 e. The number of rotatable bonds is 0. The first-order chi connectivity index (χ1) is 9.46. The lowest BCUT2D eigenvalue weighted by molar-refractivity contribution is 0.135. The molecule has 2 rings (SSSR count). The Balaban J connectivity index is -0.000000208. The lowest BCUT2D eigenvalue weighted by Crippen LogP contribution is -1.85. The van der Waals surface area contributed by atoms with E-state index in [-0.39, 0.29) is 5.48 Å². The van der Waals surface area contributed by atoms with E-state index in [4.69, 9.17) is 30.0 Å². The maximum absolute atomic E-state index is 8.56. The van der Waals surface area contributed by atoms with Crippen LogP contribution in [-0.4, -0.2) is 38.2 Å². The summed E-state index contributed by atoms with van der Waals surface area (Å²) in [5.74, 6) is 0. The Morgan fingerprint density at radius 2 is 0.476 bits per heavy atom. The Labute approximate surface area is 125 Å². The molecule has 0 atom stereocenters. The van der Waals surface area contributed by atoms with Gasteiger partial charge in [-0.3, -0.25) is 0 Å². The van der Waals surface area contributed by atoms with Crippen molar-refractivity contribution >= 4 is 12.3 Å². The van der Waals surface area contributed by atoms with Crippen molar-refractivity contribution in [2.45, 2.75) is 77.0 Å². The van der Waals surface area contributed by atoms with Gasteiger partial charge in [0.15, 0.2) is 0 Å². The van der Waals surface area contributed by atoms with Gasteiger partial charge >= 0.3 is 12.3 Å². The van der Waals surface area contributed by atoms with Crippen molar-refractivity contribution in [3.63, 3.8) is 0 Å². The highest BCUT2D eigenvalue weighted by atomic mass is 16.6. The van der Waals surface area contributed by atoms with Crippen molar-refractivity contribution in [2.24, 2.45) is 0 Å². The predicted molar refractivity (Wildman–Crippen MR) is 80.3 cm³/mol. The monoisotopic (exact) mass is 310 g/mol. The van der Waals surface area contributed by atoms with Crippen molar-refractivity contribution < 1.29 is 35.5 Å². The number of carbonyl (C=O) groups is 2. The van der Waals surface area contributed by atoms with Crippen LogP contribution < -0.4 is 0 Å². The molecule has 6 N–H and O–H groups in total. The average Bonchev–Trinajstić information content (AvgIpc) is 2.42. The predicted octanol–water partition coefficient (Wildman–Crippen LogP) is 4.30. The van der Waals surface area contributed by atoms with Crippen LogP contribution >= 0.6 is 0 Å². The minimum Gasteiger partial charge on any atom is -0.450 e. The van der Waals surface area contributed by atoms with Crippen molar-refractivity contribution in [1.29, 1.82) is 0 Å². The quantitative estimate of drug-likeness (QED) is 0.524. The lowest BCUT2D eigenvalue weighted by atomic mass is 10.0. The van der Waals surface area contributed by atoms with E-state index in [2.05, 4.69) is 0 Å².